The maximum Gasteiger partial charge on any atom is 0.306 e. The van der Waals surface area contributed by atoms with Crippen molar-refractivity contribution in [1.29, 1.82) is 0 Å². The average molecular weight is 450 g/mol. The lowest BCUT2D eigenvalue weighted by molar-refractivity contribution is -0.143. The van der Waals surface area contributed by atoms with Gasteiger partial charge in [0.25, 0.3) is 5.91 Å². The molecule has 1 amide bonds. The number of carbonyl (C=O) groups excluding carboxylic acids is 1. The van der Waals surface area contributed by atoms with Crippen molar-refractivity contribution in [2.24, 2.45) is 11.8 Å². The Hall–Kier alpha value is -3.32. The van der Waals surface area contributed by atoms with Crippen LogP contribution in [-0.2, 0) is 11.2 Å². The lowest BCUT2D eigenvalue weighted by Crippen LogP contribution is -2.46. The second-order valence-electron chi connectivity index (χ2n) is 8.82. The Morgan fingerprint density at radius 1 is 0.970 bits per heavy atom. The number of aliphatic carboxylic acids is 1. The molecular weight excluding hydrogens is 418 g/mol. The highest BCUT2D eigenvalue weighted by molar-refractivity contribution is 5.94. The van der Waals surface area contributed by atoms with Crippen molar-refractivity contribution >= 4 is 22.9 Å². The molecule has 0 bridgehead atoms. The van der Waals surface area contributed by atoms with E-state index in [2.05, 4.69) is 15.3 Å². The summed E-state index contributed by atoms with van der Waals surface area (Å²) in [6.07, 6.45) is 2.04. The van der Waals surface area contributed by atoms with Crippen LogP contribution in [0.25, 0.3) is 11.0 Å². The van der Waals surface area contributed by atoms with Crippen molar-refractivity contribution in [3.8, 4) is 0 Å². The van der Waals surface area contributed by atoms with E-state index in [0.29, 0.717) is 29.8 Å². The summed E-state index contributed by atoms with van der Waals surface area (Å²) in [4.78, 5) is 33.4. The highest BCUT2D eigenvalue weighted by atomic mass is 16.4. The molecule has 0 aliphatic rings. The highest BCUT2D eigenvalue weighted by Crippen LogP contribution is 2.21. The van der Waals surface area contributed by atoms with E-state index in [4.69, 9.17) is 0 Å². The first-order valence-corrected chi connectivity index (χ1v) is 11.3. The number of benzene rings is 2. The Kier molecular flexibility index (Phi) is 8.49. The Morgan fingerprint density at radius 2 is 1.64 bits per heavy atom. The van der Waals surface area contributed by atoms with Crippen LogP contribution in [0.2, 0.25) is 0 Å². The first kappa shape index (κ1) is 24.3. The lowest BCUT2D eigenvalue weighted by Gasteiger charge is -2.26. The third-order valence-corrected chi connectivity index (χ3v) is 5.73. The number of hydrogen-bond acceptors (Lipinski definition) is 5. The van der Waals surface area contributed by atoms with Gasteiger partial charge in [-0.25, -0.2) is 4.98 Å². The van der Waals surface area contributed by atoms with Gasteiger partial charge >= 0.3 is 5.97 Å². The standard InChI is InChI=1S/C26H31N3O4/c1-17(2)12-13-19(26(32)33)15-24(30)22(14-18-8-4-3-5-9-18)29-25(31)23-16-27-20-10-6-7-11-21(20)28-23/h3-11,16-17,19,22,24,30H,12-15H2,1-2H3,(H,29,31)(H,32,33)/t19-,22+,24+/m1/s1. The van der Waals surface area contributed by atoms with Crippen LogP contribution < -0.4 is 5.32 Å². The van der Waals surface area contributed by atoms with Gasteiger partial charge in [0.1, 0.15) is 5.69 Å². The smallest absolute Gasteiger partial charge is 0.306 e. The second-order valence-corrected chi connectivity index (χ2v) is 8.82. The molecule has 2 aromatic carbocycles. The number of nitrogens with zero attached hydrogens (tertiary/aromatic N) is 2. The van der Waals surface area contributed by atoms with Gasteiger partial charge in [-0.2, -0.15) is 0 Å². The molecule has 0 fully saturated rings. The molecule has 0 saturated carbocycles. The van der Waals surface area contributed by atoms with Crippen LogP contribution in [0.15, 0.2) is 60.8 Å². The van der Waals surface area contributed by atoms with Crippen molar-refractivity contribution in [2.45, 2.75) is 51.7 Å². The highest BCUT2D eigenvalue weighted by Gasteiger charge is 2.29. The molecule has 0 aliphatic heterocycles. The summed E-state index contributed by atoms with van der Waals surface area (Å²) in [6, 6.07) is 16.1. The Balaban J connectivity index is 1.78. The molecule has 3 rings (SSSR count). The third kappa shape index (κ3) is 7.08. The van der Waals surface area contributed by atoms with Crippen molar-refractivity contribution in [3.63, 3.8) is 0 Å². The maximum absolute atomic E-state index is 13.0. The number of amides is 1. The van der Waals surface area contributed by atoms with Crippen LogP contribution in [0, 0.1) is 11.8 Å². The molecule has 3 N–H and O–H groups in total. The van der Waals surface area contributed by atoms with Gasteiger partial charge in [0.15, 0.2) is 0 Å². The number of carbonyl (C=O) groups is 2. The van der Waals surface area contributed by atoms with Crippen molar-refractivity contribution in [3.05, 3.63) is 72.1 Å². The molecule has 33 heavy (non-hydrogen) atoms. The number of aromatic nitrogens is 2. The SMILES string of the molecule is CC(C)CC[C@H](C[C@H](O)[C@H](Cc1ccccc1)NC(=O)c1cnc2ccccc2n1)C(=O)O. The predicted octanol–water partition coefficient (Wildman–Crippen LogP) is 3.86. The quantitative estimate of drug-likeness (QED) is 0.410. The van der Waals surface area contributed by atoms with Crippen molar-refractivity contribution in [1.82, 2.24) is 15.3 Å². The largest absolute Gasteiger partial charge is 0.481 e. The number of aliphatic hydroxyl groups is 1. The minimum atomic E-state index is -1.03. The lowest BCUT2D eigenvalue weighted by atomic mass is 9.89. The molecule has 0 saturated heterocycles. The monoisotopic (exact) mass is 449 g/mol. The summed E-state index contributed by atoms with van der Waals surface area (Å²) in [5, 5.41) is 23.5. The van der Waals surface area contributed by atoms with Gasteiger partial charge in [-0.3, -0.25) is 14.6 Å². The Bertz CT molecular complexity index is 1070. The van der Waals surface area contributed by atoms with Crippen LogP contribution in [0.1, 0.15) is 49.2 Å². The topological polar surface area (TPSA) is 112 Å². The molecule has 3 atom stereocenters. The molecule has 0 spiro atoms. The molecule has 3 aromatic rings. The molecule has 7 nitrogen and oxygen atoms in total. The normalized spacial score (nSPS) is 14.1. The van der Waals surface area contributed by atoms with Gasteiger partial charge in [0.2, 0.25) is 0 Å². The molecular formula is C26H31N3O4. The van der Waals surface area contributed by atoms with E-state index in [1.165, 1.54) is 6.20 Å². The minimum Gasteiger partial charge on any atom is -0.481 e. The molecule has 174 valence electrons. The van der Waals surface area contributed by atoms with Crippen LogP contribution in [-0.4, -0.2) is 44.2 Å². The number of carboxylic acids is 1. The van der Waals surface area contributed by atoms with E-state index < -0.39 is 29.9 Å². The molecule has 0 aliphatic carbocycles. The second kappa shape index (κ2) is 11.5. The van der Waals surface area contributed by atoms with Gasteiger partial charge < -0.3 is 15.5 Å². The van der Waals surface area contributed by atoms with Crippen LogP contribution in [0.3, 0.4) is 0 Å². The summed E-state index contributed by atoms with van der Waals surface area (Å²) < 4.78 is 0. The van der Waals surface area contributed by atoms with Crippen molar-refractivity contribution < 1.29 is 19.8 Å². The molecule has 1 aromatic heterocycles. The number of carboxylic acid groups (broad SMARTS) is 1. The Labute approximate surface area is 193 Å². The summed E-state index contributed by atoms with van der Waals surface area (Å²) in [7, 11) is 0. The zero-order chi connectivity index (χ0) is 23.8. The number of rotatable bonds is 11. The van der Waals surface area contributed by atoms with Crippen LogP contribution in [0.4, 0.5) is 0 Å². The fourth-order valence-corrected chi connectivity index (χ4v) is 3.79. The van der Waals surface area contributed by atoms with Crippen LogP contribution >= 0.6 is 0 Å². The average Bonchev–Trinajstić information content (AvgIpc) is 2.81. The maximum atomic E-state index is 13.0. The summed E-state index contributed by atoms with van der Waals surface area (Å²) in [5.74, 6) is -1.70. The van der Waals surface area contributed by atoms with E-state index in [1.54, 1.807) is 6.07 Å². The van der Waals surface area contributed by atoms with Gasteiger partial charge in [-0.05, 0) is 42.9 Å². The summed E-state index contributed by atoms with van der Waals surface area (Å²) >= 11 is 0. The first-order valence-electron chi connectivity index (χ1n) is 11.3. The van der Waals surface area contributed by atoms with E-state index in [-0.39, 0.29) is 12.1 Å². The van der Waals surface area contributed by atoms with Gasteiger partial charge in [-0.15, -0.1) is 0 Å². The molecule has 0 unspecified atom stereocenters. The van der Waals surface area contributed by atoms with E-state index in [9.17, 15) is 19.8 Å². The predicted molar refractivity (Wildman–Crippen MR) is 127 cm³/mol. The fraction of sp³-hybridized carbons (Fsp3) is 0.385. The van der Waals surface area contributed by atoms with E-state index >= 15 is 0 Å². The van der Waals surface area contributed by atoms with Gasteiger partial charge in [-0.1, -0.05) is 62.7 Å². The number of nitrogens with one attached hydrogen (secondary N) is 1. The number of hydrogen-bond donors (Lipinski definition) is 3. The minimum absolute atomic E-state index is 0.0588. The fourth-order valence-electron chi connectivity index (χ4n) is 3.79. The molecule has 1 heterocycles. The van der Waals surface area contributed by atoms with Gasteiger partial charge in [0, 0.05) is 0 Å². The van der Waals surface area contributed by atoms with Crippen molar-refractivity contribution in [2.75, 3.05) is 0 Å². The number of para-hydroxylation sites is 2. The van der Waals surface area contributed by atoms with E-state index in [1.807, 2.05) is 62.4 Å². The zero-order valence-electron chi connectivity index (χ0n) is 19.0. The van der Waals surface area contributed by atoms with Crippen LogP contribution in [0.5, 0.6) is 0 Å². The van der Waals surface area contributed by atoms with E-state index in [0.717, 1.165) is 12.0 Å². The van der Waals surface area contributed by atoms with Gasteiger partial charge in [0.05, 0.1) is 35.3 Å². The summed E-state index contributed by atoms with van der Waals surface area (Å²) in [6.45, 7) is 4.08. The first-order chi connectivity index (χ1) is 15.8. The Morgan fingerprint density at radius 3 is 2.30 bits per heavy atom. The molecule has 7 heteroatoms. The zero-order valence-corrected chi connectivity index (χ0v) is 19.0. The number of aliphatic hydroxyl groups excluding tert-OH is 1. The number of fused-ring (bicyclic) bond motifs is 1. The molecule has 0 radical (unpaired) electrons. The summed E-state index contributed by atoms with van der Waals surface area (Å²) in [5.41, 5.74) is 2.36. The third-order valence-electron chi connectivity index (χ3n) is 5.73.